The van der Waals surface area contributed by atoms with Gasteiger partial charge in [-0.1, -0.05) is 24.3 Å². The average molecular weight is 604 g/mol. The number of aromatic nitrogens is 3. The summed E-state index contributed by atoms with van der Waals surface area (Å²) >= 11 is 3.48. The van der Waals surface area contributed by atoms with E-state index in [1.165, 1.54) is 5.56 Å². The van der Waals surface area contributed by atoms with Crippen LogP contribution >= 0.6 is 15.9 Å². The molecule has 40 heavy (non-hydrogen) atoms. The average Bonchev–Trinajstić information content (AvgIpc) is 3.39. The molecule has 1 saturated heterocycles. The zero-order valence-electron chi connectivity index (χ0n) is 22.6. The summed E-state index contributed by atoms with van der Waals surface area (Å²) in [6.07, 6.45) is 5.44. The highest BCUT2D eigenvalue weighted by atomic mass is 79.9. The van der Waals surface area contributed by atoms with Crippen molar-refractivity contribution in [1.29, 1.82) is 0 Å². The summed E-state index contributed by atoms with van der Waals surface area (Å²) in [6.45, 7) is 6.82. The summed E-state index contributed by atoms with van der Waals surface area (Å²) in [4.78, 5) is 38.6. The van der Waals surface area contributed by atoms with E-state index in [9.17, 15) is 9.59 Å². The van der Waals surface area contributed by atoms with Crippen molar-refractivity contribution >= 4 is 44.9 Å². The van der Waals surface area contributed by atoms with Crippen LogP contribution in [0, 0.1) is 0 Å². The number of imidazole rings is 1. The van der Waals surface area contributed by atoms with Crippen molar-refractivity contribution in [2.75, 3.05) is 36.1 Å². The van der Waals surface area contributed by atoms with Crippen molar-refractivity contribution in [2.24, 2.45) is 0 Å². The lowest BCUT2D eigenvalue weighted by molar-refractivity contribution is -0.117. The Morgan fingerprint density at radius 2 is 1.88 bits per heavy atom. The van der Waals surface area contributed by atoms with Gasteiger partial charge in [0.15, 0.2) is 11.5 Å². The van der Waals surface area contributed by atoms with Crippen LogP contribution in [0.15, 0.2) is 59.5 Å². The van der Waals surface area contributed by atoms with Gasteiger partial charge >= 0.3 is 0 Å². The highest BCUT2D eigenvalue weighted by Crippen LogP contribution is 2.34. The molecule has 2 aromatic heterocycles. The van der Waals surface area contributed by atoms with Crippen LogP contribution in [0.5, 0.6) is 0 Å². The van der Waals surface area contributed by atoms with Gasteiger partial charge in [-0.15, -0.1) is 0 Å². The second kappa shape index (κ2) is 11.0. The molecule has 9 nitrogen and oxygen atoms in total. The third-order valence-electron chi connectivity index (χ3n) is 7.60. The summed E-state index contributed by atoms with van der Waals surface area (Å²) in [5.74, 6) is 0.562. The molecule has 4 heterocycles. The van der Waals surface area contributed by atoms with Gasteiger partial charge in [0.1, 0.15) is 10.3 Å². The van der Waals surface area contributed by atoms with Crippen LogP contribution in [0.2, 0.25) is 0 Å². The lowest BCUT2D eigenvalue weighted by Gasteiger charge is -2.34. The van der Waals surface area contributed by atoms with Crippen LogP contribution in [0.25, 0.3) is 16.8 Å². The summed E-state index contributed by atoms with van der Waals surface area (Å²) in [5.41, 5.74) is 6.33. The summed E-state index contributed by atoms with van der Waals surface area (Å²) in [7, 11) is 0. The number of hydrogen-bond acceptors (Lipinski definition) is 6. The monoisotopic (exact) mass is 602 g/mol. The first-order chi connectivity index (χ1) is 19.4. The number of anilines is 2. The zero-order valence-corrected chi connectivity index (χ0v) is 24.1. The van der Waals surface area contributed by atoms with Crippen LogP contribution in [0.4, 0.5) is 11.5 Å². The molecule has 0 unspecified atom stereocenters. The third kappa shape index (κ3) is 5.21. The molecule has 2 aromatic carbocycles. The topological polar surface area (TPSA) is 92.1 Å². The Balaban J connectivity index is 1.19. The van der Waals surface area contributed by atoms with Gasteiger partial charge in [-0.05, 0) is 76.1 Å². The molecule has 0 radical (unpaired) electrons. The van der Waals surface area contributed by atoms with Gasteiger partial charge in [0.05, 0.1) is 13.2 Å². The number of benzene rings is 2. The van der Waals surface area contributed by atoms with Gasteiger partial charge in [-0.25, -0.2) is 9.97 Å². The Bertz CT molecular complexity index is 1600. The number of amides is 2. The number of nitrogens with zero attached hydrogens (tertiary/aromatic N) is 5. The second-order valence-electron chi connectivity index (χ2n) is 10.3. The van der Waals surface area contributed by atoms with Gasteiger partial charge in [0, 0.05) is 50.7 Å². The highest BCUT2D eigenvalue weighted by molar-refractivity contribution is 9.10. The molecule has 0 bridgehead atoms. The van der Waals surface area contributed by atoms with E-state index in [0.29, 0.717) is 35.7 Å². The van der Waals surface area contributed by atoms with E-state index in [-0.39, 0.29) is 17.9 Å². The summed E-state index contributed by atoms with van der Waals surface area (Å²) < 4.78 is 7.98. The molecule has 0 spiro atoms. The van der Waals surface area contributed by atoms with Gasteiger partial charge in [0.2, 0.25) is 5.91 Å². The standard InChI is InChI=1S/C30H31BrN6O3/c1-19-6-7-24-15-23(8-9-26(24)37(19)20(2)38)22-5-3-4-21(14-22)16-32-30(39)25-17-36-18-27(31)34-29(28(36)33-25)35-10-12-40-13-11-35/h3-5,8-9,14-15,17-19H,6-7,10-13,16H2,1-2H3,(H,32,39)/t19-/m0/s1. The van der Waals surface area contributed by atoms with E-state index >= 15 is 0 Å². The largest absolute Gasteiger partial charge is 0.378 e. The molecule has 1 atom stereocenters. The number of hydrogen-bond donors (Lipinski definition) is 1. The molecule has 10 heteroatoms. The van der Waals surface area contributed by atoms with Crippen molar-refractivity contribution in [1.82, 2.24) is 19.7 Å². The number of halogens is 1. The minimum Gasteiger partial charge on any atom is -0.378 e. The molecule has 0 saturated carbocycles. The van der Waals surface area contributed by atoms with Crippen molar-refractivity contribution < 1.29 is 14.3 Å². The smallest absolute Gasteiger partial charge is 0.271 e. The minimum atomic E-state index is -0.245. The van der Waals surface area contributed by atoms with E-state index in [1.807, 2.05) is 21.4 Å². The fourth-order valence-corrected chi connectivity index (χ4v) is 5.98. The highest BCUT2D eigenvalue weighted by Gasteiger charge is 2.26. The van der Waals surface area contributed by atoms with E-state index in [0.717, 1.165) is 54.1 Å². The molecule has 1 N–H and O–H groups in total. The number of carbonyl (C=O) groups is 2. The van der Waals surface area contributed by atoms with Crippen LogP contribution < -0.4 is 15.1 Å². The Hall–Kier alpha value is -3.76. The number of fused-ring (bicyclic) bond motifs is 2. The second-order valence-corrected chi connectivity index (χ2v) is 11.2. The lowest BCUT2D eigenvalue weighted by Crippen LogP contribution is -2.40. The molecule has 6 rings (SSSR count). The van der Waals surface area contributed by atoms with Gasteiger partial charge in [-0.2, -0.15) is 0 Å². The Labute approximate surface area is 241 Å². The quantitative estimate of drug-likeness (QED) is 0.358. The first kappa shape index (κ1) is 26.5. The molecule has 4 aromatic rings. The molecule has 206 valence electrons. The summed E-state index contributed by atoms with van der Waals surface area (Å²) in [6, 6.07) is 14.7. The molecule has 0 aliphatic carbocycles. The molecular formula is C30H31BrN6O3. The maximum absolute atomic E-state index is 13.1. The van der Waals surface area contributed by atoms with Crippen molar-refractivity contribution in [3.05, 3.63) is 76.3 Å². The van der Waals surface area contributed by atoms with Gasteiger partial charge < -0.3 is 24.3 Å². The minimum absolute atomic E-state index is 0.0748. The predicted molar refractivity (Wildman–Crippen MR) is 158 cm³/mol. The van der Waals surface area contributed by atoms with Crippen LogP contribution in [-0.4, -0.2) is 58.5 Å². The number of ether oxygens (including phenoxy) is 1. The van der Waals surface area contributed by atoms with Crippen molar-refractivity contribution in [3.63, 3.8) is 0 Å². The number of aryl methyl sites for hydroxylation is 1. The van der Waals surface area contributed by atoms with E-state index in [4.69, 9.17) is 4.74 Å². The normalized spacial score (nSPS) is 17.1. The van der Waals surface area contributed by atoms with Crippen molar-refractivity contribution in [3.8, 4) is 11.1 Å². The number of carbonyl (C=O) groups excluding carboxylic acids is 2. The first-order valence-corrected chi connectivity index (χ1v) is 14.3. The Morgan fingerprint density at radius 1 is 1.07 bits per heavy atom. The Morgan fingerprint density at radius 3 is 2.67 bits per heavy atom. The van der Waals surface area contributed by atoms with Crippen LogP contribution in [0.3, 0.4) is 0 Å². The SMILES string of the molecule is CC(=O)N1c2ccc(-c3cccc(CNC(=O)c4cn5cc(Br)nc(N6CCOCC6)c5n4)c3)cc2CC[C@@H]1C. The van der Waals surface area contributed by atoms with Gasteiger partial charge in [0.25, 0.3) is 5.91 Å². The predicted octanol–water partition coefficient (Wildman–Crippen LogP) is 4.61. The third-order valence-corrected chi connectivity index (χ3v) is 7.98. The fraction of sp³-hybridized carbons (Fsp3) is 0.333. The number of morpholine rings is 1. The van der Waals surface area contributed by atoms with E-state index in [2.05, 4.69) is 73.4 Å². The van der Waals surface area contributed by atoms with Crippen LogP contribution in [-0.2, 0) is 22.5 Å². The molecular weight excluding hydrogens is 572 g/mol. The molecule has 1 fully saturated rings. The molecule has 2 amide bonds. The Kier molecular flexibility index (Phi) is 7.29. The maximum Gasteiger partial charge on any atom is 0.271 e. The summed E-state index contributed by atoms with van der Waals surface area (Å²) in [5, 5.41) is 3.02. The number of nitrogens with one attached hydrogen (secondary N) is 1. The van der Waals surface area contributed by atoms with E-state index < -0.39 is 0 Å². The van der Waals surface area contributed by atoms with Gasteiger partial charge in [-0.3, -0.25) is 9.59 Å². The fourth-order valence-electron chi connectivity index (χ4n) is 5.59. The number of rotatable bonds is 5. The van der Waals surface area contributed by atoms with Crippen molar-refractivity contribution in [2.45, 2.75) is 39.3 Å². The molecule has 2 aliphatic rings. The zero-order chi connectivity index (χ0) is 27.8. The first-order valence-electron chi connectivity index (χ1n) is 13.6. The lowest BCUT2D eigenvalue weighted by atomic mass is 9.92. The maximum atomic E-state index is 13.1. The molecule has 2 aliphatic heterocycles. The van der Waals surface area contributed by atoms with Crippen LogP contribution in [0.1, 0.15) is 41.9 Å². The van der Waals surface area contributed by atoms with E-state index in [1.54, 1.807) is 19.3 Å².